The van der Waals surface area contributed by atoms with Gasteiger partial charge in [0.2, 0.25) is 5.91 Å². The molecule has 122 valence electrons. The predicted octanol–water partition coefficient (Wildman–Crippen LogP) is 2.69. The zero-order valence-electron chi connectivity index (χ0n) is 13.1. The Morgan fingerprint density at radius 2 is 1.67 bits per heavy atom. The number of benzene rings is 2. The fourth-order valence-electron chi connectivity index (χ4n) is 2.10. The van der Waals surface area contributed by atoms with Gasteiger partial charge in [0.25, 0.3) is 5.91 Å². The largest absolute Gasteiger partial charge is 0.375 e. The van der Waals surface area contributed by atoms with Gasteiger partial charge in [0.1, 0.15) is 0 Å². The Kier molecular flexibility index (Phi) is 6.69. The summed E-state index contributed by atoms with van der Waals surface area (Å²) in [5.74, 6) is -1.56. The summed E-state index contributed by atoms with van der Waals surface area (Å²) in [6, 6.07) is 20.1. The number of imide groups is 1. The molecular weight excluding hydrogens is 304 g/mol. The summed E-state index contributed by atoms with van der Waals surface area (Å²) in [5, 5.41) is 11.4. The van der Waals surface area contributed by atoms with Gasteiger partial charge in [-0.3, -0.25) is 14.9 Å². The van der Waals surface area contributed by atoms with Gasteiger partial charge in [0, 0.05) is 12.0 Å². The maximum atomic E-state index is 11.9. The lowest BCUT2D eigenvalue weighted by atomic mass is 10.1. The number of hydrogen-bond acceptors (Lipinski definition) is 4. The third kappa shape index (κ3) is 5.67. The minimum atomic E-state index is -0.600. The van der Waals surface area contributed by atoms with Crippen LogP contribution >= 0.6 is 0 Å². The molecule has 24 heavy (non-hydrogen) atoms. The van der Waals surface area contributed by atoms with E-state index >= 15 is 0 Å². The first kappa shape index (κ1) is 17.4. The van der Waals surface area contributed by atoms with Crippen molar-refractivity contribution in [1.82, 2.24) is 5.32 Å². The summed E-state index contributed by atoms with van der Waals surface area (Å²) < 4.78 is 5.48. The van der Waals surface area contributed by atoms with Crippen LogP contribution in [-0.2, 0) is 16.1 Å². The zero-order valence-corrected chi connectivity index (χ0v) is 13.1. The lowest BCUT2D eigenvalue weighted by molar-refractivity contribution is -0.121. The number of rotatable bonds is 7. The van der Waals surface area contributed by atoms with Crippen molar-refractivity contribution in [3.63, 3.8) is 0 Å². The Morgan fingerprint density at radius 1 is 1.04 bits per heavy atom. The quantitative estimate of drug-likeness (QED) is 0.850. The standard InChI is InChI=1S/C19H18N2O3/c20-12-16(14-24-13-15-7-3-1-4-8-15)11-18(22)21-19(23)17-9-5-2-6-10-17/h1-10,16H,11,13-14H2,(H,21,22,23)/t16-/m1/s1. The van der Waals surface area contributed by atoms with Gasteiger partial charge in [-0.25, -0.2) is 0 Å². The van der Waals surface area contributed by atoms with Gasteiger partial charge in [-0.1, -0.05) is 48.5 Å². The number of carbonyl (C=O) groups is 2. The number of hydrogen-bond donors (Lipinski definition) is 1. The van der Waals surface area contributed by atoms with Crippen LogP contribution in [0, 0.1) is 17.2 Å². The zero-order chi connectivity index (χ0) is 17.2. The smallest absolute Gasteiger partial charge is 0.257 e. The number of nitriles is 1. The summed E-state index contributed by atoms with van der Waals surface area (Å²) in [6.45, 7) is 0.516. The Morgan fingerprint density at radius 3 is 2.29 bits per heavy atom. The van der Waals surface area contributed by atoms with E-state index in [2.05, 4.69) is 5.32 Å². The predicted molar refractivity (Wildman–Crippen MR) is 88.7 cm³/mol. The minimum Gasteiger partial charge on any atom is -0.375 e. The number of ether oxygens (including phenoxy) is 1. The highest BCUT2D eigenvalue weighted by Crippen LogP contribution is 2.07. The highest BCUT2D eigenvalue weighted by Gasteiger charge is 2.16. The molecule has 0 radical (unpaired) electrons. The molecule has 5 nitrogen and oxygen atoms in total. The van der Waals surface area contributed by atoms with Gasteiger partial charge in [0.15, 0.2) is 0 Å². The van der Waals surface area contributed by atoms with Crippen LogP contribution in [0.15, 0.2) is 60.7 Å². The van der Waals surface area contributed by atoms with E-state index < -0.39 is 17.7 Å². The van der Waals surface area contributed by atoms with E-state index in [1.54, 1.807) is 30.3 Å². The maximum absolute atomic E-state index is 11.9. The van der Waals surface area contributed by atoms with E-state index in [0.717, 1.165) is 5.56 Å². The van der Waals surface area contributed by atoms with Gasteiger partial charge in [-0.05, 0) is 17.7 Å². The average Bonchev–Trinajstić information content (AvgIpc) is 2.62. The average molecular weight is 322 g/mol. The first-order valence-electron chi connectivity index (χ1n) is 7.59. The molecule has 2 aromatic rings. The van der Waals surface area contributed by atoms with E-state index in [9.17, 15) is 9.59 Å². The normalized spacial score (nSPS) is 11.3. The SMILES string of the molecule is N#C[C@H](COCc1ccccc1)CC(=O)NC(=O)c1ccccc1. The van der Waals surface area contributed by atoms with Crippen molar-refractivity contribution in [3.8, 4) is 6.07 Å². The molecule has 0 aliphatic heterocycles. The molecule has 0 aromatic heterocycles. The lowest BCUT2D eigenvalue weighted by Gasteiger charge is -2.10. The topological polar surface area (TPSA) is 79.2 Å². The Labute approximate surface area is 140 Å². The molecule has 0 aliphatic rings. The van der Waals surface area contributed by atoms with Crippen LogP contribution in [0.1, 0.15) is 22.3 Å². The molecule has 5 heteroatoms. The van der Waals surface area contributed by atoms with Gasteiger partial charge >= 0.3 is 0 Å². The molecular formula is C19H18N2O3. The van der Waals surface area contributed by atoms with Gasteiger partial charge in [-0.15, -0.1) is 0 Å². The number of nitrogens with one attached hydrogen (secondary N) is 1. The molecule has 1 N–H and O–H groups in total. The van der Waals surface area contributed by atoms with Gasteiger partial charge < -0.3 is 4.74 Å². The van der Waals surface area contributed by atoms with Crippen LogP contribution in [-0.4, -0.2) is 18.4 Å². The fraction of sp³-hybridized carbons (Fsp3) is 0.211. The summed E-state index contributed by atoms with van der Waals surface area (Å²) >= 11 is 0. The number of amides is 2. The molecule has 0 heterocycles. The summed E-state index contributed by atoms with van der Waals surface area (Å²) in [7, 11) is 0. The van der Waals surface area contributed by atoms with Gasteiger partial charge in [-0.2, -0.15) is 5.26 Å². The van der Waals surface area contributed by atoms with E-state index in [1.807, 2.05) is 36.4 Å². The van der Waals surface area contributed by atoms with Crippen LogP contribution in [0.4, 0.5) is 0 Å². The Balaban J connectivity index is 1.76. The summed E-state index contributed by atoms with van der Waals surface area (Å²) in [4.78, 5) is 23.8. The molecule has 2 aromatic carbocycles. The molecule has 0 saturated carbocycles. The second-order valence-corrected chi connectivity index (χ2v) is 5.27. The van der Waals surface area contributed by atoms with E-state index in [1.165, 1.54) is 0 Å². The van der Waals surface area contributed by atoms with Crippen LogP contribution < -0.4 is 5.32 Å². The first-order valence-corrected chi connectivity index (χ1v) is 7.59. The van der Waals surface area contributed by atoms with Crippen molar-refractivity contribution < 1.29 is 14.3 Å². The molecule has 1 atom stereocenters. The molecule has 0 fully saturated rings. The van der Waals surface area contributed by atoms with Crippen LogP contribution in [0.3, 0.4) is 0 Å². The summed E-state index contributed by atoms with van der Waals surface area (Å²) in [5.41, 5.74) is 1.40. The lowest BCUT2D eigenvalue weighted by Crippen LogP contribution is -2.32. The summed E-state index contributed by atoms with van der Waals surface area (Å²) in [6.07, 6.45) is -0.0795. The van der Waals surface area contributed by atoms with Crippen LogP contribution in [0.25, 0.3) is 0 Å². The van der Waals surface area contributed by atoms with Crippen molar-refractivity contribution in [1.29, 1.82) is 5.26 Å². The Bertz CT molecular complexity index is 708. The monoisotopic (exact) mass is 322 g/mol. The third-order valence-electron chi connectivity index (χ3n) is 3.33. The molecule has 0 unspecified atom stereocenters. The second kappa shape index (κ2) is 9.23. The van der Waals surface area contributed by atoms with Crippen LogP contribution in [0.5, 0.6) is 0 Å². The van der Waals surface area contributed by atoms with E-state index in [-0.39, 0.29) is 13.0 Å². The third-order valence-corrected chi connectivity index (χ3v) is 3.33. The van der Waals surface area contributed by atoms with Crippen molar-refractivity contribution in [2.45, 2.75) is 13.0 Å². The maximum Gasteiger partial charge on any atom is 0.257 e. The van der Waals surface area contributed by atoms with Gasteiger partial charge in [0.05, 0.1) is 25.2 Å². The Hall–Kier alpha value is -2.97. The van der Waals surface area contributed by atoms with E-state index in [4.69, 9.17) is 10.00 Å². The molecule has 0 aliphatic carbocycles. The highest BCUT2D eigenvalue weighted by atomic mass is 16.5. The van der Waals surface area contributed by atoms with Crippen molar-refractivity contribution in [2.24, 2.45) is 5.92 Å². The molecule has 2 amide bonds. The van der Waals surface area contributed by atoms with Crippen molar-refractivity contribution in [3.05, 3.63) is 71.8 Å². The van der Waals surface area contributed by atoms with Crippen molar-refractivity contribution >= 4 is 11.8 Å². The van der Waals surface area contributed by atoms with Crippen LogP contribution in [0.2, 0.25) is 0 Å². The molecule has 2 rings (SSSR count). The number of nitrogens with zero attached hydrogens (tertiary/aromatic N) is 1. The highest BCUT2D eigenvalue weighted by molar-refractivity contribution is 6.04. The fourth-order valence-corrected chi connectivity index (χ4v) is 2.10. The molecule has 0 spiro atoms. The minimum absolute atomic E-state index is 0.0795. The first-order chi connectivity index (χ1) is 11.7. The van der Waals surface area contributed by atoms with E-state index in [0.29, 0.717) is 12.2 Å². The number of carbonyl (C=O) groups excluding carboxylic acids is 2. The molecule has 0 saturated heterocycles. The van der Waals surface area contributed by atoms with Crippen molar-refractivity contribution in [2.75, 3.05) is 6.61 Å². The second-order valence-electron chi connectivity index (χ2n) is 5.27. The molecule has 0 bridgehead atoms.